The highest BCUT2D eigenvalue weighted by molar-refractivity contribution is 5.96. The Hall–Kier alpha value is -4.54. The Morgan fingerprint density at radius 2 is 1.27 bits per heavy atom. The molecule has 6 heterocycles. The number of allylic oxidation sites excluding steroid dienone is 2. The number of aryl methyl sites for hydroxylation is 4. The van der Waals surface area contributed by atoms with Crippen molar-refractivity contribution in [3.63, 3.8) is 0 Å². The predicted molar refractivity (Wildman–Crippen MR) is 187 cm³/mol. The average molecular weight is 653 g/mol. The van der Waals surface area contributed by atoms with Gasteiger partial charge in [0.2, 0.25) is 0 Å². The number of H-pyrrole nitrogens is 2. The van der Waals surface area contributed by atoms with Gasteiger partial charge in [-0.1, -0.05) is 0 Å². The first-order valence-corrected chi connectivity index (χ1v) is 16.5. The van der Waals surface area contributed by atoms with Crippen LogP contribution in [0.25, 0.3) is 44.4 Å². The summed E-state index contributed by atoms with van der Waals surface area (Å²) in [6.45, 7) is 10.8. The van der Waals surface area contributed by atoms with Crippen LogP contribution < -0.4 is 0 Å². The van der Waals surface area contributed by atoms with E-state index in [9.17, 15) is 14.7 Å². The molecule has 1 saturated heterocycles. The first-order valence-electron chi connectivity index (χ1n) is 16.5. The maximum absolute atomic E-state index is 12.3. The van der Waals surface area contributed by atoms with Gasteiger partial charge >= 0.3 is 11.9 Å². The molecule has 0 radical (unpaired) electrons. The van der Waals surface area contributed by atoms with Crippen molar-refractivity contribution in [1.82, 2.24) is 19.9 Å². The molecule has 252 valence electrons. The van der Waals surface area contributed by atoms with E-state index in [1.54, 1.807) is 6.92 Å². The van der Waals surface area contributed by atoms with Crippen LogP contribution in [0.3, 0.4) is 0 Å². The number of ether oxygens (including phenoxy) is 3. The molecule has 3 N–H and O–H groups in total. The minimum atomic E-state index is -0.553. The molecular weight excluding hydrogens is 608 g/mol. The van der Waals surface area contributed by atoms with Crippen molar-refractivity contribution in [1.29, 1.82) is 0 Å². The lowest BCUT2D eigenvalue weighted by Crippen LogP contribution is -2.02. The van der Waals surface area contributed by atoms with Gasteiger partial charge in [0, 0.05) is 47.8 Å². The molecule has 0 aromatic carbocycles. The number of aliphatic hydroxyl groups excluding tert-OH is 1. The van der Waals surface area contributed by atoms with Crippen LogP contribution >= 0.6 is 0 Å². The molecule has 6 rings (SSSR count). The van der Waals surface area contributed by atoms with Crippen LogP contribution in [-0.2, 0) is 36.6 Å². The molecule has 2 unspecified atom stereocenters. The Bertz CT molecular complexity index is 2030. The molecular formula is C38H44N4O6. The van der Waals surface area contributed by atoms with E-state index in [4.69, 9.17) is 24.2 Å². The van der Waals surface area contributed by atoms with Gasteiger partial charge in [0.25, 0.3) is 0 Å². The normalized spacial score (nSPS) is 16.4. The Balaban J connectivity index is 1.69. The molecule has 8 bridgehead atoms. The quantitative estimate of drug-likeness (QED) is 0.165. The van der Waals surface area contributed by atoms with Crippen LogP contribution in [0, 0.1) is 13.8 Å². The zero-order chi connectivity index (χ0) is 34.3. The number of nitrogens with one attached hydrogen (secondary N) is 2. The summed E-state index contributed by atoms with van der Waals surface area (Å²) in [4.78, 5) is 42.0. The molecule has 0 spiro atoms. The van der Waals surface area contributed by atoms with Crippen molar-refractivity contribution < 1.29 is 28.9 Å². The van der Waals surface area contributed by atoms with E-state index >= 15 is 0 Å². The predicted octanol–water partition coefficient (Wildman–Crippen LogP) is 6.56. The molecule has 0 amide bonds. The van der Waals surface area contributed by atoms with E-state index in [0.29, 0.717) is 19.3 Å². The van der Waals surface area contributed by atoms with Crippen molar-refractivity contribution in [2.24, 2.45) is 0 Å². The van der Waals surface area contributed by atoms with Crippen LogP contribution in [0.5, 0.6) is 0 Å². The van der Waals surface area contributed by atoms with E-state index in [0.717, 1.165) is 102 Å². The zero-order valence-corrected chi connectivity index (χ0v) is 28.8. The van der Waals surface area contributed by atoms with Gasteiger partial charge in [-0.15, -0.1) is 0 Å². The lowest BCUT2D eigenvalue weighted by molar-refractivity contribution is -0.141. The summed E-state index contributed by atoms with van der Waals surface area (Å²) in [5.74, 6) is -0.559. The van der Waals surface area contributed by atoms with E-state index in [-0.39, 0.29) is 30.9 Å². The Morgan fingerprint density at radius 3 is 1.77 bits per heavy atom. The highest BCUT2D eigenvalue weighted by Crippen LogP contribution is 2.39. The Morgan fingerprint density at radius 1 is 0.792 bits per heavy atom. The fourth-order valence-corrected chi connectivity index (χ4v) is 6.74. The van der Waals surface area contributed by atoms with Crippen LogP contribution in [0.1, 0.15) is 91.5 Å². The standard InChI is InChI=1S/C38H44N4O6/c1-19(43)12-27-22(4)32-16-36-28(13-24-18-48-24)23(5)30(41-36)14-29-20(2)25(8-10-37(44)46-6)33(39-29)17-34-26(9-11-38(45)47-7)21(3)31(40-34)15-35(27)42-32/h14-17,19,24,39-40,43H,8-13,18H2,1-7H3. The number of nitrogens with zero attached hydrogens (tertiary/aromatic N) is 2. The molecule has 3 aliphatic heterocycles. The average Bonchev–Trinajstić information content (AvgIpc) is 3.61. The number of hydrogen-bond acceptors (Lipinski definition) is 8. The molecule has 1 fully saturated rings. The number of carbonyl (C=O) groups is 2. The summed E-state index contributed by atoms with van der Waals surface area (Å²) in [5, 5.41) is 10.5. The van der Waals surface area contributed by atoms with Crippen LogP contribution in [0.15, 0.2) is 24.3 Å². The third-order valence-corrected chi connectivity index (χ3v) is 9.75. The van der Waals surface area contributed by atoms with E-state index in [1.165, 1.54) is 14.2 Å². The van der Waals surface area contributed by atoms with Gasteiger partial charge in [-0.25, -0.2) is 9.97 Å². The number of aliphatic hydroxyl groups is 1. The zero-order valence-electron chi connectivity index (χ0n) is 28.8. The summed E-state index contributed by atoms with van der Waals surface area (Å²) in [6.07, 6.45) is 2.28. The van der Waals surface area contributed by atoms with E-state index < -0.39 is 6.10 Å². The number of hydrogen-bond donors (Lipinski definition) is 3. The lowest BCUT2D eigenvalue weighted by Gasteiger charge is -2.07. The SMILES string of the molecule is COC(=O)CCc1c(C)c2cc3nc(cc4nc(cc5[nH]c(cc1[nH]2)c(CCC(=O)OC)c5C)C(CC(C)O)=C4C)C(CC1CO1)=C3C. The van der Waals surface area contributed by atoms with Crippen molar-refractivity contribution in [3.05, 3.63) is 69.3 Å². The molecule has 10 heteroatoms. The summed E-state index contributed by atoms with van der Waals surface area (Å²) >= 11 is 0. The van der Waals surface area contributed by atoms with Crippen molar-refractivity contribution in [2.45, 2.75) is 85.4 Å². The second kappa shape index (κ2) is 13.5. The van der Waals surface area contributed by atoms with Crippen LogP contribution in [0.4, 0.5) is 0 Å². The van der Waals surface area contributed by atoms with Crippen LogP contribution in [0.2, 0.25) is 0 Å². The third kappa shape index (κ3) is 6.73. The molecule has 2 atom stereocenters. The Labute approximate surface area is 280 Å². The smallest absolute Gasteiger partial charge is 0.305 e. The van der Waals surface area contributed by atoms with Crippen LogP contribution in [-0.4, -0.2) is 70.0 Å². The highest BCUT2D eigenvalue weighted by Gasteiger charge is 2.29. The molecule has 3 aromatic rings. The second-order valence-electron chi connectivity index (χ2n) is 13.0. The molecule has 3 aliphatic rings. The summed E-state index contributed by atoms with van der Waals surface area (Å²) in [5.41, 5.74) is 15.0. The molecule has 0 saturated carbocycles. The number of carbonyl (C=O) groups excluding carboxylic acids is 2. The number of fused-ring (bicyclic) bond motifs is 8. The van der Waals surface area contributed by atoms with Crippen molar-refractivity contribution in [3.8, 4) is 0 Å². The van der Waals surface area contributed by atoms with Gasteiger partial charge in [-0.2, -0.15) is 0 Å². The van der Waals surface area contributed by atoms with Gasteiger partial charge in [-0.3, -0.25) is 9.59 Å². The van der Waals surface area contributed by atoms with Crippen molar-refractivity contribution >= 4 is 56.3 Å². The van der Waals surface area contributed by atoms with Gasteiger partial charge in [0.05, 0.1) is 55.8 Å². The molecule has 3 aromatic heterocycles. The third-order valence-electron chi connectivity index (χ3n) is 9.75. The minimum Gasteiger partial charge on any atom is -0.469 e. The monoisotopic (exact) mass is 652 g/mol. The first kappa shape index (κ1) is 33.4. The van der Waals surface area contributed by atoms with E-state index in [1.807, 2.05) is 13.0 Å². The molecule has 10 nitrogen and oxygen atoms in total. The first-order chi connectivity index (χ1) is 23.0. The number of rotatable bonds is 10. The fraction of sp³-hybridized carbons (Fsp3) is 0.421. The summed E-state index contributed by atoms with van der Waals surface area (Å²) in [6, 6.07) is 8.24. The molecule has 48 heavy (non-hydrogen) atoms. The Kier molecular flexibility index (Phi) is 9.40. The van der Waals surface area contributed by atoms with Crippen molar-refractivity contribution in [2.75, 3.05) is 20.8 Å². The largest absolute Gasteiger partial charge is 0.469 e. The van der Waals surface area contributed by atoms with Gasteiger partial charge in [0.1, 0.15) is 0 Å². The maximum atomic E-state index is 12.3. The van der Waals surface area contributed by atoms with Gasteiger partial charge < -0.3 is 29.3 Å². The lowest BCUT2D eigenvalue weighted by atomic mass is 9.98. The topological polar surface area (TPSA) is 143 Å². The second-order valence-corrected chi connectivity index (χ2v) is 13.0. The maximum Gasteiger partial charge on any atom is 0.305 e. The highest BCUT2D eigenvalue weighted by atomic mass is 16.6. The number of aromatic amines is 2. The molecule has 0 aliphatic carbocycles. The summed E-state index contributed by atoms with van der Waals surface area (Å²) < 4.78 is 15.6. The fourth-order valence-electron chi connectivity index (χ4n) is 6.74. The van der Waals surface area contributed by atoms with Gasteiger partial charge in [0.15, 0.2) is 0 Å². The number of methoxy groups -OCH3 is 2. The van der Waals surface area contributed by atoms with E-state index in [2.05, 4.69) is 48.9 Å². The van der Waals surface area contributed by atoms with Gasteiger partial charge in [-0.05, 0) is 116 Å². The number of epoxide rings is 1. The number of aromatic nitrogens is 4. The minimum absolute atomic E-state index is 0.182. The summed E-state index contributed by atoms with van der Waals surface area (Å²) in [7, 11) is 2.80. The number of esters is 2.